The van der Waals surface area contributed by atoms with E-state index in [0.717, 1.165) is 33.2 Å². The van der Waals surface area contributed by atoms with Crippen molar-refractivity contribution in [3.63, 3.8) is 0 Å². The van der Waals surface area contributed by atoms with E-state index in [1.54, 1.807) is 0 Å². The van der Waals surface area contributed by atoms with E-state index in [-0.39, 0.29) is 17.5 Å². The molecule has 0 bridgehead atoms. The summed E-state index contributed by atoms with van der Waals surface area (Å²) in [6, 6.07) is 39.8. The molecule has 0 aliphatic rings. The van der Waals surface area contributed by atoms with Gasteiger partial charge in [-0.2, -0.15) is 0 Å². The molecule has 0 amide bonds. The molecular weight excluding hydrogens is 500 g/mol. The van der Waals surface area contributed by atoms with E-state index in [1.807, 2.05) is 58.0 Å². The van der Waals surface area contributed by atoms with Crippen molar-refractivity contribution >= 4 is 27.6 Å². The molecule has 5 aromatic carbocycles. The third-order valence-electron chi connectivity index (χ3n) is 6.78. The largest absolute Gasteiger partial charge is 0.481 e. The van der Waals surface area contributed by atoms with Crippen LogP contribution in [0.5, 0.6) is 5.75 Å². The Morgan fingerprint density at radius 2 is 1.21 bits per heavy atom. The van der Waals surface area contributed by atoms with Crippen LogP contribution in [0.2, 0.25) is 0 Å². The Hall–Kier alpha value is -4.02. The smallest absolute Gasteiger partial charge is 0.345 e. The van der Waals surface area contributed by atoms with Gasteiger partial charge in [-0.1, -0.05) is 72.8 Å². The quantitative estimate of drug-likeness (QED) is 0.148. The normalized spacial score (nSPS) is 11.5. The monoisotopic (exact) mass is 533 g/mol. The van der Waals surface area contributed by atoms with Gasteiger partial charge in [0.2, 0.25) is 0 Å². The summed E-state index contributed by atoms with van der Waals surface area (Å²) in [5.74, 6) is 0.327. The zero-order valence-corrected chi connectivity index (χ0v) is 23.6. The van der Waals surface area contributed by atoms with Gasteiger partial charge in [0.1, 0.15) is 11.4 Å². The molecular formula is C35H33O3S+. The second-order valence-corrected chi connectivity index (χ2v) is 12.2. The van der Waals surface area contributed by atoms with Crippen molar-refractivity contribution in [2.75, 3.05) is 6.61 Å². The van der Waals surface area contributed by atoms with Crippen molar-refractivity contribution in [1.29, 1.82) is 0 Å². The highest BCUT2D eigenvalue weighted by Crippen LogP contribution is 2.35. The van der Waals surface area contributed by atoms with Crippen LogP contribution >= 0.6 is 0 Å². The maximum atomic E-state index is 12.9. The molecule has 4 heteroatoms. The van der Waals surface area contributed by atoms with E-state index in [1.165, 1.54) is 14.7 Å². The van der Waals surface area contributed by atoms with E-state index in [4.69, 9.17) is 9.47 Å². The summed E-state index contributed by atoms with van der Waals surface area (Å²) in [4.78, 5) is 16.6. The summed E-state index contributed by atoms with van der Waals surface area (Å²) in [6.45, 7) is 7.74. The van der Waals surface area contributed by atoms with E-state index in [9.17, 15) is 4.79 Å². The molecule has 0 fully saturated rings. The number of esters is 1. The van der Waals surface area contributed by atoms with Gasteiger partial charge in [-0.15, -0.1) is 0 Å². The first-order valence-corrected chi connectivity index (χ1v) is 14.3. The van der Waals surface area contributed by atoms with E-state index in [2.05, 4.69) is 84.9 Å². The van der Waals surface area contributed by atoms with Crippen LogP contribution in [0.25, 0.3) is 10.8 Å². The van der Waals surface area contributed by atoms with Crippen LogP contribution in [0.1, 0.15) is 30.5 Å². The molecule has 0 spiro atoms. The zero-order chi connectivity index (χ0) is 27.4. The average molecular weight is 534 g/mol. The Balaban J connectivity index is 1.33. The molecule has 39 heavy (non-hydrogen) atoms. The second kappa shape index (κ2) is 11.4. The molecule has 0 aliphatic heterocycles. The van der Waals surface area contributed by atoms with Crippen molar-refractivity contribution in [3.8, 4) is 5.75 Å². The van der Waals surface area contributed by atoms with Crippen molar-refractivity contribution in [1.82, 2.24) is 0 Å². The summed E-state index contributed by atoms with van der Waals surface area (Å²) >= 11 is 0. The third-order valence-corrected chi connectivity index (χ3v) is 8.97. The van der Waals surface area contributed by atoms with Gasteiger partial charge in [-0.3, -0.25) is 0 Å². The van der Waals surface area contributed by atoms with Crippen molar-refractivity contribution in [2.24, 2.45) is 0 Å². The fourth-order valence-corrected chi connectivity index (χ4v) is 7.11. The molecule has 3 nitrogen and oxygen atoms in total. The Labute approximate surface area is 233 Å². The van der Waals surface area contributed by atoms with E-state index >= 15 is 0 Å². The van der Waals surface area contributed by atoms with Gasteiger partial charge in [0.05, 0.1) is 10.9 Å². The molecule has 0 saturated carbocycles. The predicted octanol–water partition coefficient (Wildman–Crippen LogP) is 8.41. The lowest BCUT2D eigenvalue weighted by atomic mass is 9.95. The first-order valence-electron chi connectivity index (χ1n) is 13.1. The fourth-order valence-electron chi connectivity index (χ4n) is 4.85. The van der Waals surface area contributed by atoms with Crippen LogP contribution in [0.4, 0.5) is 0 Å². The van der Waals surface area contributed by atoms with Crippen molar-refractivity contribution < 1.29 is 14.3 Å². The molecule has 0 aliphatic carbocycles. The SMILES string of the molecule is Cc1cc([S+](c2ccccc2)c2ccccc2)cc(C)c1OCC(=O)OC(C)(C)c1ccc2ccccc2c1. The molecule has 5 rings (SSSR count). The number of benzene rings is 5. The van der Waals surface area contributed by atoms with Crippen LogP contribution in [0.3, 0.4) is 0 Å². The lowest BCUT2D eigenvalue weighted by Gasteiger charge is -2.26. The molecule has 0 heterocycles. The number of carbonyl (C=O) groups excluding carboxylic acids is 1. The van der Waals surface area contributed by atoms with Gasteiger partial charge in [-0.05, 0) is 85.5 Å². The topological polar surface area (TPSA) is 35.5 Å². The molecule has 0 aromatic heterocycles. The summed E-state index contributed by atoms with van der Waals surface area (Å²) < 4.78 is 11.9. The Morgan fingerprint density at radius 1 is 0.667 bits per heavy atom. The maximum absolute atomic E-state index is 12.9. The molecule has 0 saturated heterocycles. The summed E-state index contributed by atoms with van der Waals surface area (Å²) in [5, 5.41) is 2.27. The number of aryl methyl sites for hydroxylation is 2. The molecule has 0 unspecified atom stereocenters. The summed E-state index contributed by atoms with van der Waals surface area (Å²) in [7, 11) is -0.248. The minimum atomic E-state index is -0.780. The summed E-state index contributed by atoms with van der Waals surface area (Å²) in [5.41, 5.74) is 2.16. The van der Waals surface area contributed by atoms with Crippen LogP contribution < -0.4 is 4.74 Å². The van der Waals surface area contributed by atoms with Crippen LogP contribution in [-0.2, 0) is 26.0 Å². The number of hydrogen-bond acceptors (Lipinski definition) is 3. The predicted molar refractivity (Wildman–Crippen MR) is 160 cm³/mol. The molecule has 0 radical (unpaired) electrons. The lowest BCUT2D eigenvalue weighted by molar-refractivity contribution is -0.159. The highest BCUT2D eigenvalue weighted by atomic mass is 32.2. The van der Waals surface area contributed by atoms with Crippen LogP contribution in [-0.4, -0.2) is 12.6 Å². The van der Waals surface area contributed by atoms with E-state index < -0.39 is 11.6 Å². The van der Waals surface area contributed by atoms with E-state index in [0.29, 0.717) is 0 Å². The molecule has 5 aromatic rings. The second-order valence-electron chi connectivity index (χ2n) is 10.2. The molecule has 196 valence electrons. The number of rotatable bonds is 8. The first kappa shape index (κ1) is 26.6. The Kier molecular flexibility index (Phi) is 7.76. The third kappa shape index (κ3) is 6.02. The zero-order valence-electron chi connectivity index (χ0n) is 22.8. The van der Waals surface area contributed by atoms with Gasteiger partial charge < -0.3 is 9.47 Å². The number of ether oxygens (including phenoxy) is 2. The number of fused-ring (bicyclic) bond motifs is 1. The number of carbonyl (C=O) groups is 1. The van der Waals surface area contributed by atoms with Gasteiger partial charge >= 0.3 is 5.97 Å². The average Bonchev–Trinajstić information content (AvgIpc) is 2.93. The minimum absolute atomic E-state index is 0.152. The minimum Gasteiger partial charge on any atom is -0.481 e. The Morgan fingerprint density at radius 3 is 1.79 bits per heavy atom. The van der Waals surface area contributed by atoms with Crippen LogP contribution in [0.15, 0.2) is 130 Å². The van der Waals surface area contributed by atoms with Gasteiger partial charge in [0, 0.05) is 12.1 Å². The Bertz CT molecular complexity index is 1530. The van der Waals surface area contributed by atoms with Gasteiger partial charge in [0.15, 0.2) is 21.3 Å². The molecule has 0 N–H and O–H groups in total. The first-order chi connectivity index (χ1) is 18.8. The summed E-state index contributed by atoms with van der Waals surface area (Å²) in [6.07, 6.45) is 0. The van der Waals surface area contributed by atoms with Gasteiger partial charge in [-0.25, -0.2) is 4.79 Å². The number of hydrogen-bond donors (Lipinski definition) is 0. The highest BCUT2D eigenvalue weighted by Gasteiger charge is 2.30. The maximum Gasteiger partial charge on any atom is 0.345 e. The fraction of sp³-hybridized carbons (Fsp3) is 0.171. The van der Waals surface area contributed by atoms with Gasteiger partial charge in [0.25, 0.3) is 0 Å². The standard InChI is InChI=1S/C35H33O3S/c1-25-21-32(39(30-15-7-5-8-16-30)31-17-9-6-10-18-31)22-26(2)34(25)37-24-33(36)38-35(3,4)29-20-19-27-13-11-12-14-28(27)23-29/h5-23H,24H2,1-4H3/q+1. The lowest BCUT2D eigenvalue weighted by Crippen LogP contribution is -2.28. The van der Waals surface area contributed by atoms with Crippen molar-refractivity contribution in [2.45, 2.75) is 48.0 Å². The van der Waals surface area contributed by atoms with Crippen molar-refractivity contribution in [3.05, 3.63) is 132 Å². The van der Waals surface area contributed by atoms with Crippen LogP contribution in [0, 0.1) is 13.8 Å². The molecule has 0 atom stereocenters. The highest BCUT2D eigenvalue weighted by molar-refractivity contribution is 7.97.